The molecular weight excluding hydrogens is 292 g/mol. The van der Waals surface area contributed by atoms with Crippen molar-refractivity contribution in [2.75, 3.05) is 6.61 Å². The number of rotatable bonds is 9. The molecule has 22 heavy (non-hydrogen) atoms. The summed E-state index contributed by atoms with van der Waals surface area (Å²) in [5.74, 6) is -4.18. The van der Waals surface area contributed by atoms with Gasteiger partial charge in [-0.25, -0.2) is 14.4 Å². The van der Waals surface area contributed by atoms with Crippen molar-refractivity contribution < 1.29 is 34.4 Å². The second kappa shape index (κ2) is 7.82. The second-order valence-electron chi connectivity index (χ2n) is 4.47. The number of carboxylic acid groups (broad SMARTS) is 3. The number of aromatic carboxylic acids is 3. The van der Waals surface area contributed by atoms with Gasteiger partial charge in [-0.05, 0) is 37.0 Å². The highest BCUT2D eigenvalue weighted by atomic mass is 16.5. The van der Waals surface area contributed by atoms with E-state index in [-0.39, 0.29) is 23.1 Å². The number of carbonyl (C=O) groups is 3. The van der Waals surface area contributed by atoms with Crippen LogP contribution in [0.15, 0.2) is 25.0 Å². The quantitative estimate of drug-likeness (QED) is 0.472. The van der Waals surface area contributed by atoms with Crippen molar-refractivity contribution in [3.8, 4) is 0 Å². The van der Waals surface area contributed by atoms with Gasteiger partial charge in [0.2, 0.25) is 0 Å². The standard InChI is InChI=1S/C15H16O7/c1-2-22-6-4-3-5-9-7-10(13(16)17)8-11(14(18)19)12(9)15(20)21/h2,7-8H,1,3-6H2,(H,16,17)(H,18,19)(H,20,21). The lowest BCUT2D eigenvalue weighted by Gasteiger charge is -2.11. The van der Waals surface area contributed by atoms with Crippen LogP contribution >= 0.6 is 0 Å². The summed E-state index contributed by atoms with van der Waals surface area (Å²) < 4.78 is 4.93. The first-order valence-corrected chi connectivity index (χ1v) is 6.47. The monoisotopic (exact) mass is 308 g/mol. The zero-order chi connectivity index (χ0) is 16.7. The number of ether oxygens (including phenoxy) is 1. The van der Waals surface area contributed by atoms with Gasteiger partial charge in [0.25, 0.3) is 0 Å². The zero-order valence-electron chi connectivity index (χ0n) is 11.7. The maximum absolute atomic E-state index is 11.3. The number of hydrogen-bond acceptors (Lipinski definition) is 4. The summed E-state index contributed by atoms with van der Waals surface area (Å²) in [6.45, 7) is 3.78. The number of hydrogen-bond donors (Lipinski definition) is 3. The van der Waals surface area contributed by atoms with Gasteiger partial charge in [0.15, 0.2) is 0 Å². The summed E-state index contributed by atoms with van der Waals surface area (Å²) >= 11 is 0. The van der Waals surface area contributed by atoms with Crippen molar-refractivity contribution in [3.63, 3.8) is 0 Å². The van der Waals surface area contributed by atoms with Gasteiger partial charge in [0, 0.05) is 0 Å². The van der Waals surface area contributed by atoms with Gasteiger partial charge in [-0.3, -0.25) is 0 Å². The van der Waals surface area contributed by atoms with E-state index >= 15 is 0 Å². The Hall–Kier alpha value is -2.83. The minimum absolute atomic E-state index is 0.184. The molecule has 0 atom stereocenters. The van der Waals surface area contributed by atoms with E-state index in [4.69, 9.17) is 14.9 Å². The van der Waals surface area contributed by atoms with Gasteiger partial charge in [-0.1, -0.05) is 6.58 Å². The maximum atomic E-state index is 11.3. The summed E-state index contributed by atoms with van der Waals surface area (Å²) in [4.78, 5) is 33.5. The summed E-state index contributed by atoms with van der Waals surface area (Å²) in [5.41, 5.74) is -0.963. The minimum atomic E-state index is -1.48. The smallest absolute Gasteiger partial charge is 0.336 e. The van der Waals surface area contributed by atoms with Crippen molar-refractivity contribution in [1.82, 2.24) is 0 Å². The Labute approximate surface area is 126 Å². The lowest BCUT2D eigenvalue weighted by atomic mass is 9.94. The fourth-order valence-corrected chi connectivity index (χ4v) is 2.03. The largest absolute Gasteiger partial charge is 0.502 e. The SMILES string of the molecule is C=COCCCCc1cc(C(=O)O)cc(C(=O)O)c1C(=O)O. The molecule has 7 nitrogen and oxygen atoms in total. The van der Waals surface area contributed by atoms with Gasteiger partial charge in [0.1, 0.15) is 0 Å². The molecule has 0 aliphatic rings. The third kappa shape index (κ3) is 4.34. The van der Waals surface area contributed by atoms with Crippen molar-refractivity contribution in [2.24, 2.45) is 0 Å². The van der Waals surface area contributed by atoms with E-state index in [1.807, 2.05) is 0 Å². The van der Waals surface area contributed by atoms with E-state index in [0.717, 1.165) is 6.07 Å². The van der Waals surface area contributed by atoms with Gasteiger partial charge < -0.3 is 20.1 Å². The van der Waals surface area contributed by atoms with Crippen LogP contribution in [0.2, 0.25) is 0 Å². The molecule has 0 saturated heterocycles. The molecule has 0 aliphatic carbocycles. The highest BCUT2D eigenvalue weighted by molar-refractivity contribution is 6.04. The minimum Gasteiger partial charge on any atom is -0.502 e. The molecule has 0 heterocycles. The van der Waals surface area contributed by atoms with Crippen molar-refractivity contribution >= 4 is 17.9 Å². The van der Waals surface area contributed by atoms with Gasteiger partial charge in [0.05, 0.1) is 29.6 Å². The molecule has 0 spiro atoms. The first-order valence-electron chi connectivity index (χ1n) is 6.47. The first-order chi connectivity index (χ1) is 10.4. The lowest BCUT2D eigenvalue weighted by molar-refractivity contribution is 0.0648. The number of unbranched alkanes of at least 4 members (excludes halogenated alkanes) is 1. The normalized spacial score (nSPS) is 10.0. The Morgan fingerprint density at radius 1 is 1.05 bits per heavy atom. The molecule has 1 aromatic rings. The summed E-state index contributed by atoms with van der Waals surface area (Å²) in [5, 5.41) is 27.3. The molecular formula is C15H16O7. The Morgan fingerprint density at radius 2 is 1.73 bits per heavy atom. The predicted octanol–water partition coefficient (Wildman–Crippen LogP) is 2.26. The highest BCUT2D eigenvalue weighted by Crippen LogP contribution is 2.21. The number of benzene rings is 1. The Kier molecular flexibility index (Phi) is 6.12. The predicted molar refractivity (Wildman–Crippen MR) is 76.4 cm³/mol. The topological polar surface area (TPSA) is 121 Å². The summed E-state index contributed by atoms with van der Waals surface area (Å²) in [7, 11) is 0. The van der Waals surface area contributed by atoms with Crippen molar-refractivity contribution in [1.29, 1.82) is 0 Å². The average Bonchev–Trinajstić information content (AvgIpc) is 2.45. The lowest BCUT2D eigenvalue weighted by Crippen LogP contribution is -2.14. The van der Waals surface area contributed by atoms with Crippen LogP contribution in [0.3, 0.4) is 0 Å². The molecule has 0 bridgehead atoms. The zero-order valence-corrected chi connectivity index (χ0v) is 11.7. The molecule has 0 fully saturated rings. The van der Waals surface area contributed by atoms with E-state index in [9.17, 15) is 19.5 Å². The van der Waals surface area contributed by atoms with Crippen LogP contribution in [0.4, 0.5) is 0 Å². The average molecular weight is 308 g/mol. The Balaban J connectivity index is 3.15. The van der Waals surface area contributed by atoms with Crippen LogP contribution in [0.25, 0.3) is 0 Å². The molecule has 1 aromatic carbocycles. The van der Waals surface area contributed by atoms with Crippen LogP contribution in [0.1, 0.15) is 49.5 Å². The van der Waals surface area contributed by atoms with Gasteiger partial charge in [-0.2, -0.15) is 0 Å². The van der Waals surface area contributed by atoms with Crippen LogP contribution < -0.4 is 0 Å². The number of aryl methyl sites for hydroxylation is 1. The van der Waals surface area contributed by atoms with Crippen LogP contribution in [0.5, 0.6) is 0 Å². The molecule has 118 valence electrons. The Bertz CT molecular complexity index is 604. The molecule has 0 aromatic heterocycles. The molecule has 0 saturated carbocycles. The molecule has 7 heteroatoms. The van der Waals surface area contributed by atoms with Crippen molar-refractivity contribution in [2.45, 2.75) is 19.3 Å². The molecule has 0 unspecified atom stereocenters. The molecule has 0 amide bonds. The van der Waals surface area contributed by atoms with Gasteiger partial charge in [-0.15, -0.1) is 0 Å². The van der Waals surface area contributed by atoms with Crippen LogP contribution in [-0.2, 0) is 11.2 Å². The molecule has 0 aliphatic heterocycles. The van der Waals surface area contributed by atoms with E-state index in [1.54, 1.807) is 0 Å². The van der Waals surface area contributed by atoms with E-state index in [1.165, 1.54) is 12.3 Å². The highest BCUT2D eigenvalue weighted by Gasteiger charge is 2.23. The second-order valence-corrected chi connectivity index (χ2v) is 4.47. The first kappa shape index (κ1) is 17.2. The van der Waals surface area contributed by atoms with Crippen molar-refractivity contribution in [3.05, 3.63) is 47.2 Å². The van der Waals surface area contributed by atoms with E-state index in [0.29, 0.717) is 19.4 Å². The molecule has 3 N–H and O–H groups in total. The number of carboxylic acids is 3. The fraction of sp³-hybridized carbons (Fsp3) is 0.267. The summed E-state index contributed by atoms with van der Waals surface area (Å²) in [6, 6.07) is 2.06. The maximum Gasteiger partial charge on any atom is 0.336 e. The Morgan fingerprint density at radius 3 is 2.23 bits per heavy atom. The van der Waals surface area contributed by atoms with Crippen LogP contribution in [0, 0.1) is 0 Å². The third-order valence-corrected chi connectivity index (χ3v) is 2.99. The molecule has 1 rings (SSSR count). The van der Waals surface area contributed by atoms with Gasteiger partial charge >= 0.3 is 17.9 Å². The van der Waals surface area contributed by atoms with E-state index < -0.39 is 23.5 Å². The fourth-order valence-electron chi connectivity index (χ4n) is 2.03. The van der Waals surface area contributed by atoms with E-state index in [2.05, 4.69) is 6.58 Å². The van der Waals surface area contributed by atoms with Crippen LogP contribution in [-0.4, -0.2) is 39.8 Å². The molecule has 0 radical (unpaired) electrons. The third-order valence-electron chi connectivity index (χ3n) is 2.99. The summed E-state index contributed by atoms with van der Waals surface area (Å²) in [6.07, 6.45) is 2.65.